The van der Waals surface area contributed by atoms with Crippen LogP contribution in [0.25, 0.3) is 0 Å². The van der Waals surface area contributed by atoms with Gasteiger partial charge in [-0.2, -0.15) is 0 Å². The molecule has 1 fully saturated rings. The molecule has 5 rings (SSSR count). The molecule has 0 spiro atoms. The monoisotopic (exact) mass is 720 g/mol. The van der Waals surface area contributed by atoms with Crippen LogP contribution < -0.4 is 5.73 Å². The highest BCUT2D eigenvalue weighted by atomic mass is 35.5. The summed E-state index contributed by atoms with van der Waals surface area (Å²) in [7, 11) is 2.84. The fraction of sp³-hybridized carbons (Fsp3) is 0.350. The van der Waals surface area contributed by atoms with Gasteiger partial charge in [0.1, 0.15) is 0 Å². The van der Waals surface area contributed by atoms with E-state index in [1.54, 1.807) is 9.80 Å². The number of ether oxygens (including phenoxy) is 2. The van der Waals surface area contributed by atoms with Gasteiger partial charge < -0.3 is 25.0 Å². The van der Waals surface area contributed by atoms with Crippen molar-refractivity contribution in [3.05, 3.63) is 141 Å². The molecule has 8 nitrogen and oxygen atoms in total. The number of amides is 2. The average Bonchev–Trinajstić information content (AvgIpc) is 3.16. The summed E-state index contributed by atoms with van der Waals surface area (Å²) < 4.78 is 9.43. The lowest BCUT2D eigenvalue weighted by molar-refractivity contribution is 0.0812. The first-order chi connectivity index (χ1) is 24.2. The van der Waals surface area contributed by atoms with E-state index in [1.807, 2.05) is 86.6 Å². The third-order valence-corrected chi connectivity index (χ3v) is 8.72. The van der Waals surface area contributed by atoms with Crippen molar-refractivity contribution in [2.75, 3.05) is 53.5 Å². The summed E-state index contributed by atoms with van der Waals surface area (Å²) in [6.07, 6.45) is 1.50. The Morgan fingerprint density at radius 2 is 1.08 bits per heavy atom. The molecule has 1 aliphatic heterocycles. The summed E-state index contributed by atoms with van der Waals surface area (Å²) >= 11 is 11.9. The van der Waals surface area contributed by atoms with Crippen LogP contribution in [0.5, 0.6) is 0 Å². The normalized spacial score (nSPS) is 13.8. The van der Waals surface area contributed by atoms with Crippen LogP contribution in [0.4, 0.5) is 9.59 Å². The lowest BCUT2D eigenvalue weighted by Crippen LogP contribution is -2.49. The highest BCUT2D eigenvalue weighted by Gasteiger charge is 2.28. The molecule has 2 amide bonds. The Hall–Kier alpha value is -4.08. The van der Waals surface area contributed by atoms with Gasteiger partial charge in [0.2, 0.25) is 0 Å². The molecule has 2 unspecified atom stereocenters. The fourth-order valence-corrected chi connectivity index (χ4v) is 5.92. The van der Waals surface area contributed by atoms with E-state index in [0.717, 1.165) is 60.2 Å². The van der Waals surface area contributed by atoms with Gasteiger partial charge in [-0.3, -0.25) is 4.90 Å². The largest absolute Gasteiger partial charge is 0.453 e. The van der Waals surface area contributed by atoms with Gasteiger partial charge in [0.25, 0.3) is 0 Å². The summed E-state index contributed by atoms with van der Waals surface area (Å²) in [4.78, 5) is 28.6. The van der Waals surface area contributed by atoms with Gasteiger partial charge in [-0.1, -0.05) is 122 Å². The minimum atomic E-state index is -0.252. The SMILES string of the molecule is CCCN(CCC)C(=O)OC.COC(=O)N1CCN(C(c2ccccc2)c2ccc(Cl)cc2)CC1.NC(c1ccccc1)c1ccc(Cl)cc1. The maximum Gasteiger partial charge on any atom is 0.409 e. The summed E-state index contributed by atoms with van der Waals surface area (Å²) in [5, 5.41) is 1.47. The van der Waals surface area contributed by atoms with Crippen LogP contribution in [-0.2, 0) is 9.47 Å². The van der Waals surface area contributed by atoms with Crippen molar-refractivity contribution >= 4 is 35.4 Å². The van der Waals surface area contributed by atoms with E-state index in [0.29, 0.717) is 13.1 Å². The molecule has 0 saturated carbocycles. The highest BCUT2D eigenvalue weighted by Crippen LogP contribution is 2.30. The molecule has 1 heterocycles. The van der Waals surface area contributed by atoms with Gasteiger partial charge in [0.15, 0.2) is 0 Å². The molecule has 268 valence electrons. The number of benzene rings is 4. The summed E-state index contributed by atoms with van der Waals surface area (Å²) in [5.74, 6) is 0. The van der Waals surface area contributed by atoms with Gasteiger partial charge in [0.05, 0.1) is 26.3 Å². The van der Waals surface area contributed by atoms with E-state index >= 15 is 0 Å². The van der Waals surface area contributed by atoms with Crippen LogP contribution in [0.15, 0.2) is 109 Å². The lowest BCUT2D eigenvalue weighted by Gasteiger charge is -2.39. The Morgan fingerprint density at radius 1 is 0.660 bits per heavy atom. The van der Waals surface area contributed by atoms with Crippen LogP contribution in [0.3, 0.4) is 0 Å². The molecule has 0 radical (unpaired) electrons. The highest BCUT2D eigenvalue weighted by molar-refractivity contribution is 6.30. The lowest BCUT2D eigenvalue weighted by atomic mass is 9.96. The van der Waals surface area contributed by atoms with Crippen molar-refractivity contribution in [1.29, 1.82) is 0 Å². The Balaban J connectivity index is 0.000000223. The number of hydrogen-bond donors (Lipinski definition) is 1. The minimum Gasteiger partial charge on any atom is -0.453 e. The van der Waals surface area contributed by atoms with Crippen molar-refractivity contribution in [1.82, 2.24) is 14.7 Å². The second-order valence-electron chi connectivity index (χ2n) is 11.8. The number of methoxy groups -OCH3 is 2. The molecule has 0 bridgehead atoms. The zero-order valence-corrected chi connectivity index (χ0v) is 31.0. The molecule has 1 saturated heterocycles. The van der Waals surface area contributed by atoms with Gasteiger partial charge in [-0.25, -0.2) is 9.59 Å². The summed E-state index contributed by atoms with van der Waals surface area (Å²) in [6.45, 7) is 8.62. The van der Waals surface area contributed by atoms with Gasteiger partial charge in [-0.15, -0.1) is 0 Å². The predicted octanol–water partition coefficient (Wildman–Crippen LogP) is 9.08. The Bertz CT molecular complexity index is 1530. The Kier molecular flexibility index (Phi) is 17.7. The first kappa shape index (κ1) is 40.4. The number of piperazine rings is 1. The molecule has 0 aliphatic carbocycles. The maximum absolute atomic E-state index is 11.7. The zero-order valence-electron chi connectivity index (χ0n) is 29.5. The topological polar surface area (TPSA) is 88.3 Å². The first-order valence-corrected chi connectivity index (χ1v) is 17.7. The quantitative estimate of drug-likeness (QED) is 0.186. The second-order valence-corrected chi connectivity index (χ2v) is 12.6. The average molecular weight is 722 g/mol. The number of nitrogens with two attached hydrogens (primary N) is 1. The third kappa shape index (κ3) is 12.7. The molecule has 10 heteroatoms. The second kappa shape index (κ2) is 21.9. The van der Waals surface area contributed by atoms with E-state index in [1.165, 1.54) is 25.3 Å². The van der Waals surface area contributed by atoms with Crippen LogP contribution >= 0.6 is 23.2 Å². The molecule has 50 heavy (non-hydrogen) atoms. The number of hydrogen-bond acceptors (Lipinski definition) is 6. The molecule has 4 aromatic carbocycles. The number of carbonyl (C=O) groups excluding carboxylic acids is 2. The van der Waals surface area contributed by atoms with Crippen molar-refractivity contribution in [2.45, 2.75) is 38.8 Å². The predicted molar refractivity (Wildman–Crippen MR) is 204 cm³/mol. The van der Waals surface area contributed by atoms with Gasteiger partial charge in [-0.05, 0) is 59.4 Å². The number of carbonyl (C=O) groups is 2. The van der Waals surface area contributed by atoms with Crippen LogP contribution in [0, 0.1) is 0 Å². The molecule has 0 aromatic heterocycles. The van der Waals surface area contributed by atoms with Crippen LogP contribution in [0.1, 0.15) is 61.0 Å². The Morgan fingerprint density at radius 3 is 1.52 bits per heavy atom. The van der Waals surface area contributed by atoms with Crippen molar-refractivity contribution in [3.8, 4) is 0 Å². The smallest absolute Gasteiger partial charge is 0.409 e. The van der Waals surface area contributed by atoms with E-state index in [9.17, 15) is 9.59 Å². The van der Waals surface area contributed by atoms with Crippen LogP contribution in [-0.4, -0.2) is 80.4 Å². The molecular formula is C40H50Cl2N4O4. The minimum absolute atomic E-state index is 0.0801. The standard InChI is InChI=1S/C19H21ClN2O2.C13H12ClN.C8H17NO2/c1-24-19(23)22-13-11-21(12-14-22)18(15-5-3-2-4-6-15)16-7-9-17(20)10-8-16;14-12-8-6-11(7-9-12)13(15)10-4-2-1-3-5-10;1-4-6-9(7-5-2)8(10)11-3/h2-10,18H,11-14H2,1H3;1-9,13H,15H2;4-7H2,1-3H3. The van der Waals surface area contributed by atoms with Gasteiger partial charge >= 0.3 is 12.2 Å². The van der Waals surface area contributed by atoms with E-state index in [4.69, 9.17) is 33.7 Å². The molecular weight excluding hydrogens is 671 g/mol. The van der Waals surface area contributed by atoms with Crippen molar-refractivity contribution in [2.24, 2.45) is 5.73 Å². The summed E-state index contributed by atoms with van der Waals surface area (Å²) in [6, 6.07) is 36.2. The maximum atomic E-state index is 11.7. The molecule has 2 atom stereocenters. The van der Waals surface area contributed by atoms with E-state index in [2.05, 4.69) is 46.0 Å². The van der Waals surface area contributed by atoms with Gasteiger partial charge in [0, 0.05) is 49.3 Å². The third-order valence-electron chi connectivity index (χ3n) is 8.22. The number of halogens is 2. The molecule has 1 aliphatic rings. The fourth-order valence-electron chi connectivity index (χ4n) is 5.67. The van der Waals surface area contributed by atoms with E-state index < -0.39 is 0 Å². The molecule has 2 N–H and O–H groups in total. The Labute approximate surface area is 307 Å². The van der Waals surface area contributed by atoms with E-state index in [-0.39, 0.29) is 24.3 Å². The number of rotatable bonds is 9. The summed E-state index contributed by atoms with van der Waals surface area (Å²) in [5.41, 5.74) is 10.8. The number of nitrogens with zero attached hydrogens (tertiary/aromatic N) is 3. The van der Waals surface area contributed by atoms with Crippen molar-refractivity contribution in [3.63, 3.8) is 0 Å². The van der Waals surface area contributed by atoms with Crippen molar-refractivity contribution < 1.29 is 19.1 Å². The first-order valence-electron chi connectivity index (χ1n) is 17.0. The molecule has 4 aromatic rings. The zero-order chi connectivity index (χ0) is 36.3. The van der Waals surface area contributed by atoms with Crippen LogP contribution in [0.2, 0.25) is 10.0 Å².